The summed E-state index contributed by atoms with van der Waals surface area (Å²) in [6.45, 7) is 13.5. The van der Waals surface area contributed by atoms with Crippen LogP contribution in [0.1, 0.15) is 51.8 Å². The monoisotopic (exact) mass is 290 g/mol. The van der Waals surface area contributed by atoms with E-state index < -0.39 is 0 Å². The third kappa shape index (κ3) is 4.53. The van der Waals surface area contributed by atoms with Crippen molar-refractivity contribution < 1.29 is 4.74 Å². The Labute approximate surface area is 129 Å². The van der Waals surface area contributed by atoms with Crippen molar-refractivity contribution in [2.24, 2.45) is 5.73 Å². The molecule has 0 spiro atoms. The summed E-state index contributed by atoms with van der Waals surface area (Å²) in [7, 11) is 0. The molecule has 0 radical (unpaired) electrons. The van der Waals surface area contributed by atoms with Crippen molar-refractivity contribution in [1.82, 2.24) is 4.90 Å². The van der Waals surface area contributed by atoms with Crippen LogP contribution in [0.25, 0.3) is 0 Å². The minimum absolute atomic E-state index is 0.0561. The van der Waals surface area contributed by atoms with Gasteiger partial charge in [0.05, 0.1) is 11.2 Å². The Balaban J connectivity index is 2.02. The smallest absolute Gasteiger partial charge is 0.0760 e. The molecule has 0 amide bonds. The Morgan fingerprint density at radius 1 is 1.10 bits per heavy atom. The molecule has 1 atom stereocenters. The lowest BCUT2D eigenvalue weighted by Gasteiger charge is -2.47. The van der Waals surface area contributed by atoms with E-state index >= 15 is 0 Å². The van der Waals surface area contributed by atoms with Gasteiger partial charge in [-0.1, -0.05) is 31.2 Å². The molecule has 1 unspecified atom stereocenters. The highest BCUT2D eigenvalue weighted by molar-refractivity contribution is 5.25. The summed E-state index contributed by atoms with van der Waals surface area (Å²) in [5.74, 6) is 0. The highest BCUT2D eigenvalue weighted by Crippen LogP contribution is 2.29. The van der Waals surface area contributed by atoms with Crippen LogP contribution in [0.2, 0.25) is 0 Å². The lowest BCUT2D eigenvalue weighted by atomic mass is 9.97. The van der Waals surface area contributed by atoms with E-state index in [2.05, 4.69) is 63.8 Å². The summed E-state index contributed by atoms with van der Waals surface area (Å²) in [5.41, 5.74) is 8.75. The first kappa shape index (κ1) is 16.5. The second kappa shape index (κ2) is 6.07. The molecule has 1 fully saturated rings. The zero-order chi connectivity index (χ0) is 15.7. The molecule has 3 heteroatoms. The third-order valence-electron chi connectivity index (χ3n) is 4.03. The van der Waals surface area contributed by atoms with E-state index in [1.807, 2.05) is 0 Å². The maximum atomic E-state index is 6.41. The van der Waals surface area contributed by atoms with Gasteiger partial charge in [-0.25, -0.2) is 0 Å². The van der Waals surface area contributed by atoms with Crippen molar-refractivity contribution in [3.8, 4) is 0 Å². The Morgan fingerprint density at radius 2 is 1.62 bits per heavy atom. The fourth-order valence-electron chi connectivity index (χ4n) is 3.46. The zero-order valence-electron chi connectivity index (χ0n) is 14.1. The number of hydrogen-bond acceptors (Lipinski definition) is 3. The topological polar surface area (TPSA) is 38.5 Å². The number of rotatable bonds is 4. The van der Waals surface area contributed by atoms with E-state index in [1.54, 1.807) is 0 Å². The highest BCUT2D eigenvalue weighted by Gasteiger charge is 2.38. The van der Waals surface area contributed by atoms with Crippen LogP contribution in [0, 0.1) is 0 Å². The second-order valence-electron chi connectivity index (χ2n) is 7.49. The van der Waals surface area contributed by atoms with Gasteiger partial charge in [0.25, 0.3) is 0 Å². The predicted molar refractivity (Wildman–Crippen MR) is 88.4 cm³/mol. The predicted octanol–water partition coefficient (Wildman–Crippen LogP) is 3.14. The fraction of sp³-hybridized carbons (Fsp3) is 0.667. The van der Waals surface area contributed by atoms with Crippen LogP contribution in [0.4, 0.5) is 0 Å². The largest absolute Gasteiger partial charge is 0.367 e. The SMILES string of the molecule is CCc1ccc(C(N)CN2CC(C)(C)OC(C)(C)C2)cc1. The first-order chi connectivity index (χ1) is 9.71. The van der Waals surface area contributed by atoms with Gasteiger partial charge < -0.3 is 10.5 Å². The molecule has 1 aromatic rings. The average molecular weight is 290 g/mol. The molecular weight excluding hydrogens is 260 g/mol. The molecule has 118 valence electrons. The van der Waals surface area contributed by atoms with Crippen LogP contribution < -0.4 is 5.73 Å². The maximum absolute atomic E-state index is 6.41. The molecule has 1 heterocycles. The van der Waals surface area contributed by atoms with Crippen LogP contribution in [0.15, 0.2) is 24.3 Å². The zero-order valence-corrected chi connectivity index (χ0v) is 14.1. The Morgan fingerprint density at radius 3 is 2.10 bits per heavy atom. The lowest BCUT2D eigenvalue weighted by molar-refractivity contribution is -0.181. The molecular formula is C18H30N2O. The number of benzene rings is 1. The first-order valence-electron chi connectivity index (χ1n) is 7.98. The molecule has 0 aromatic heterocycles. The van der Waals surface area contributed by atoms with Crippen molar-refractivity contribution >= 4 is 0 Å². The number of aryl methyl sites for hydroxylation is 1. The molecule has 1 saturated heterocycles. The van der Waals surface area contributed by atoms with Crippen molar-refractivity contribution in [2.45, 2.75) is 58.3 Å². The molecule has 3 nitrogen and oxygen atoms in total. The summed E-state index contributed by atoms with van der Waals surface area (Å²) in [6.07, 6.45) is 1.07. The van der Waals surface area contributed by atoms with Gasteiger partial charge in [0.15, 0.2) is 0 Å². The van der Waals surface area contributed by atoms with Crippen LogP contribution in [0.5, 0.6) is 0 Å². The number of ether oxygens (including phenoxy) is 1. The molecule has 1 aliphatic heterocycles. The van der Waals surface area contributed by atoms with Crippen LogP contribution in [0.3, 0.4) is 0 Å². The summed E-state index contributed by atoms with van der Waals surface area (Å²) >= 11 is 0. The van der Waals surface area contributed by atoms with Gasteiger partial charge >= 0.3 is 0 Å². The van der Waals surface area contributed by atoms with E-state index in [-0.39, 0.29) is 17.2 Å². The summed E-state index contributed by atoms with van der Waals surface area (Å²) in [6, 6.07) is 8.76. The number of nitrogens with zero attached hydrogens (tertiary/aromatic N) is 1. The quantitative estimate of drug-likeness (QED) is 0.926. The van der Waals surface area contributed by atoms with Crippen molar-refractivity contribution in [2.75, 3.05) is 19.6 Å². The van der Waals surface area contributed by atoms with Crippen LogP contribution >= 0.6 is 0 Å². The molecule has 0 saturated carbocycles. The second-order valence-corrected chi connectivity index (χ2v) is 7.49. The standard InChI is InChI=1S/C18H30N2O/c1-6-14-7-9-15(10-8-14)16(19)11-20-12-17(2,3)21-18(4,5)13-20/h7-10,16H,6,11-13,19H2,1-5H3. The highest BCUT2D eigenvalue weighted by atomic mass is 16.5. The molecule has 2 rings (SSSR count). The van der Waals surface area contributed by atoms with E-state index in [0.717, 1.165) is 26.1 Å². The Bertz CT molecular complexity index is 449. The molecule has 0 bridgehead atoms. The molecule has 1 aliphatic rings. The normalized spacial score (nSPS) is 23.0. The van der Waals surface area contributed by atoms with Gasteiger partial charge in [-0.05, 0) is 45.2 Å². The maximum Gasteiger partial charge on any atom is 0.0760 e. The van der Waals surface area contributed by atoms with Crippen molar-refractivity contribution in [3.63, 3.8) is 0 Å². The minimum atomic E-state index is -0.118. The summed E-state index contributed by atoms with van der Waals surface area (Å²) < 4.78 is 6.13. The van der Waals surface area contributed by atoms with Crippen molar-refractivity contribution in [1.29, 1.82) is 0 Å². The van der Waals surface area contributed by atoms with E-state index in [1.165, 1.54) is 11.1 Å². The Kier molecular flexibility index (Phi) is 4.76. The number of hydrogen-bond donors (Lipinski definition) is 1. The average Bonchev–Trinajstić information content (AvgIpc) is 2.35. The number of morpholine rings is 1. The van der Waals surface area contributed by atoms with Gasteiger partial charge in [0.1, 0.15) is 0 Å². The van der Waals surface area contributed by atoms with Gasteiger partial charge in [-0.15, -0.1) is 0 Å². The van der Waals surface area contributed by atoms with Crippen LogP contribution in [-0.2, 0) is 11.2 Å². The first-order valence-corrected chi connectivity index (χ1v) is 7.98. The summed E-state index contributed by atoms with van der Waals surface area (Å²) in [4.78, 5) is 2.43. The van der Waals surface area contributed by atoms with Gasteiger partial charge in [0.2, 0.25) is 0 Å². The van der Waals surface area contributed by atoms with Crippen molar-refractivity contribution in [3.05, 3.63) is 35.4 Å². The van der Waals surface area contributed by atoms with E-state index in [9.17, 15) is 0 Å². The molecule has 0 aliphatic carbocycles. The fourth-order valence-corrected chi connectivity index (χ4v) is 3.46. The summed E-state index contributed by atoms with van der Waals surface area (Å²) in [5, 5.41) is 0. The van der Waals surface area contributed by atoms with Gasteiger partial charge in [-0.3, -0.25) is 4.90 Å². The lowest BCUT2D eigenvalue weighted by Crippen LogP contribution is -2.58. The molecule has 21 heavy (non-hydrogen) atoms. The molecule has 1 aromatic carbocycles. The molecule has 2 N–H and O–H groups in total. The Hall–Kier alpha value is -0.900. The third-order valence-corrected chi connectivity index (χ3v) is 4.03. The number of nitrogens with two attached hydrogens (primary N) is 1. The van der Waals surface area contributed by atoms with Crippen LogP contribution in [-0.4, -0.2) is 35.7 Å². The van der Waals surface area contributed by atoms with Gasteiger partial charge in [-0.2, -0.15) is 0 Å². The minimum Gasteiger partial charge on any atom is -0.367 e. The van der Waals surface area contributed by atoms with E-state index in [0.29, 0.717) is 0 Å². The van der Waals surface area contributed by atoms with E-state index in [4.69, 9.17) is 10.5 Å². The van der Waals surface area contributed by atoms with Gasteiger partial charge in [0, 0.05) is 25.7 Å².